The Morgan fingerprint density at radius 1 is 1.64 bits per heavy atom. The van der Waals surface area contributed by atoms with Crippen LogP contribution in [-0.4, -0.2) is 24.4 Å². The monoisotopic (exact) mass is 198 g/mol. The fourth-order valence-corrected chi connectivity index (χ4v) is 2.91. The number of rotatable bonds is 3. The first-order valence-electron chi connectivity index (χ1n) is 3.50. The van der Waals surface area contributed by atoms with E-state index in [2.05, 4.69) is 0 Å². The number of aliphatic hydroxyl groups excluding tert-OH is 1. The van der Waals surface area contributed by atoms with E-state index in [0.717, 1.165) is 0 Å². The van der Waals surface area contributed by atoms with Crippen molar-refractivity contribution in [2.75, 3.05) is 0 Å². The predicted octanol–water partition coefficient (Wildman–Crippen LogP) is 0.858. The summed E-state index contributed by atoms with van der Waals surface area (Å²) in [6, 6.07) is 0. The molecule has 0 heterocycles. The minimum Gasteiger partial charge on any atom is -0.393 e. The summed E-state index contributed by atoms with van der Waals surface area (Å²) in [5, 5.41) is 8.97. The summed E-state index contributed by atoms with van der Waals surface area (Å²) in [5.74, 6) is 0. The summed E-state index contributed by atoms with van der Waals surface area (Å²) in [7, 11) is 1.72. The maximum absolute atomic E-state index is 10.9. The SMILES string of the molecule is CC(O)CC1(S(=O)(=O)Cl)CC1. The molecule has 66 valence electrons. The van der Waals surface area contributed by atoms with Gasteiger partial charge in [-0.1, -0.05) is 0 Å². The van der Waals surface area contributed by atoms with E-state index in [1.807, 2.05) is 0 Å². The molecule has 1 saturated carbocycles. The molecule has 0 aliphatic heterocycles. The molecule has 0 bridgehead atoms. The number of aliphatic hydroxyl groups is 1. The molecule has 0 aromatic rings. The molecule has 1 unspecified atom stereocenters. The van der Waals surface area contributed by atoms with E-state index in [-0.39, 0.29) is 6.42 Å². The van der Waals surface area contributed by atoms with Crippen LogP contribution < -0.4 is 0 Å². The molecule has 1 N–H and O–H groups in total. The Kier molecular flexibility index (Phi) is 2.20. The highest BCUT2D eigenvalue weighted by Gasteiger charge is 2.54. The van der Waals surface area contributed by atoms with Crippen molar-refractivity contribution in [3.8, 4) is 0 Å². The maximum atomic E-state index is 10.9. The molecule has 5 heteroatoms. The summed E-state index contributed by atoms with van der Waals surface area (Å²) >= 11 is 0. The summed E-state index contributed by atoms with van der Waals surface area (Å²) in [4.78, 5) is 0. The molecule has 1 aliphatic carbocycles. The van der Waals surface area contributed by atoms with Gasteiger partial charge in [-0.25, -0.2) is 8.42 Å². The zero-order chi connectivity index (χ0) is 8.70. The van der Waals surface area contributed by atoms with Crippen molar-refractivity contribution in [3.05, 3.63) is 0 Å². The maximum Gasteiger partial charge on any atom is 0.238 e. The van der Waals surface area contributed by atoms with Gasteiger partial charge >= 0.3 is 0 Å². The van der Waals surface area contributed by atoms with Crippen LogP contribution in [0.4, 0.5) is 0 Å². The van der Waals surface area contributed by atoms with Gasteiger partial charge in [-0.05, 0) is 26.2 Å². The van der Waals surface area contributed by atoms with Crippen LogP contribution in [0, 0.1) is 0 Å². The standard InChI is InChI=1S/C6H11ClO3S/c1-5(8)4-6(2-3-6)11(7,9)10/h5,8H,2-4H2,1H3. The van der Waals surface area contributed by atoms with Crippen molar-refractivity contribution in [2.24, 2.45) is 0 Å². The van der Waals surface area contributed by atoms with Crippen LogP contribution >= 0.6 is 10.7 Å². The van der Waals surface area contributed by atoms with Crippen molar-refractivity contribution in [2.45, 2.75) is 37.0 Å². The Morgan fingerprint density at radius 3 is 2.18 bits per heavy atom. The average molecular weight is 199 g/mol. The zero-order valence-corrected chi connectivity index (χ0v) is 7.82. The number of hydrogen-bond donors (Lipinski definition) is 1. The molecule has 1 aliphatic rings. The van der Waals surface area contributed by atoms with Crippen LogP contribution in [0.1, 0.15) is 26.2 Å². The van der Waals surface area contributed by atoms with Gasteiger partial charge in [0.05, 0.1) is 10.9 Å². The molecule has 1 fully saturated rings. The third-order valence-electron chi connectivity index (χ3n) is 1.99. The highest BCUT2D eigenvalue weighted by molar-refractivity contribution is 8.15. The van der Waals surface area contributed by atoms with Crippen molar-refractivity contribution in [1.29, 1.82) is 0 Å². The zero-order valence-electron chi connectivity index (χ0n) is 6.25. The molecule has 0 amide bonds. The Morgan fingerprint density at radius 2 is 2.09 bits per heavy atom. The smallest absolute Gasteiger partial charge is 0.238 e. The Hall–Kier alpha value is 0.200. The molecule has 0 spiro atoms. The van der Waals surface area contributed by atoms with E-state index in [4.69, 9.17) is 15.8 Å². The van der Waals surface area contributed by atoms with Crippen LogP contribution in [-0.2, 0) is 9.05 Å². The average Bonchev–Trinajstić information content (AvgIpc) is 2.42. The first-order chi connectivity index (χ1) is 4.87. The lowest BCUT2D eigenvalue weighted by atomic mass is 10.2. The minimum atomic E-state index is -3.47. The molecule has 1 rings (SSSR count). The lowest BCUT2D eigenvalue weighted by molar-refractivity contribution is 0.180. The molecule has 1 atom stereocenters. The van der Waals surface area contributed by atoms with E-state index in [1.165, 1.54) is 0 Å². The third-order valence-corrected chi connectivity index (χ3v) is 4.58. The second-order valence-electron chi connectivity index (χ2n) is 3.17. The summed E-state index contributed by atoms with van der Waals surface area (Å²) in [6.45, 7) is 1.57. The molecule has 11 heavy (non-hydrogen) atoms. The van der Waals surface area contributed by atoms with Gasteiger partial charge in [0, 0.05) is 10.7 Å². The molecule has 0 aromatic heterocycles. The molecule has 0 aromatic carbocycles. The van der Waals surface area contributed by atoms with E-state index in [9.17, 15) is 8.42 Å². The lowest BCUT2D eigenvalue weighted by Gasteiger charge is -2.12. The predicted molar refractivity (Wildman–Crippen MR) is 43.0 cm³/mol. The van der Waals surface area contributed by atoms with E-state index < -0.39 is 19.9 Å². The van der Waals surface area contributed by atoms with Crippen LogP contribution in [0.25, 0.3) is 0 Å². The van der Waals surface area contributed by atoms with Gasteiger partial charge in [0.15, 0.2) is 0 Å². The quantitative estimate of drug-likeness (QED) is 0.685. The normalized spacial score (nSPS) is 24.6. The summed E-state index contributed by atoms with van der Waals surface area (Å²) < 4.78 is 21.0. The third kappa shape index (κ3) is 1.86. The molecule has 0 saturated heterocycles. The second-order valence-corrected chi connectivity index (χ2v) is 6.13. The fourth-order valence-electron chi connectivity index (χ4n) is 1.23. The van der Waals surface area contributed by atoms with Crippen LogP contribution in [0.15, 0.2) is 0 Å². The molecular weight excluding hydrogens is 188 g/mol. The summed E-state index contributed by atoms with van der Waals surface area (Å²) in [6.07, 6.45) is 0.845. The Balaban J connectivity index is 2.70. The van der Waals surface area contributed by atoms with Gasteiger partial charge in [-0.15, -0.1) is 0 Å². The van der Waals surface area contributed by atoms with Crippen molar-refractivity contribution >= 4 is 19.7 Å². The molecular formula is C6H11ClO3S. The topological polar surface area (TPSA) is 54.4 Å². The Labute approximate surface area is 70.8 Å². The minimum absolute atomic E-state index is 0.263. The van der Waals surface area contributed by atoms with E-state index in [0.29, 0.717) is 12.8 Å². The van der Waals surface area contributed by atoms with Gasteiger partial charge < -0.3 is 5.11 Å². The van der Waals surface area contributed by atoms with Crippen molar-refractivity contribution < 1.29 is 13.5 Å². The van der Waals surface area contributed by atoms with E-state index >= 15 is 0 Å². The Bertz CT molecular complexity index is 241. The number of halogens is 1. The van der Waals surface area contributed by atoms with Crippen molar-refractivity contribution in [3.63, 3.8) is 0 Å². The fraction of sp³-hybridized carbons (Fsp3) is 1.00. The highest BCUT2D eigenvalue weighted by Crippen LogP contribution is 2.48. The molecule has 0 radical (unpaired) electrons. The van der Waals surface area contributed by atoms with Gasteiger partial charge in [0.25, 0.3) is 0 Å². The molecule has 3 nitrogen and oxygen atoms in total. The van der Waals surface area contributed by atoms with Gasteiger partial charge in [0.1, 0.15) is 0 Å². The summed E-state index contributed by atoms with van der Waals surface area (Å²) in [5.41, 5.74) is 0. The second kappa shape index (κ2) is 2.61. The van der Waals surface area contributed by atoms with Crippen molar-refractivity contribution in [1.82, 2.24) is 0 Å². The van der Waals surface area contributed by atoms with Gasteiger partial charge in [-0.3, -0.25) is 0 Å². The lowest BCUT2D eigenvalue weighted by Crippen LogP contribution is -2.23. The largest absolute Gasteiger partial charge is 0.393 e. The highest BCUT2D eigenvalue weighted by atomic mass is 35.7. The van der Waals surface area contributed by atoms with E-state index in [1.54, 1.807) is 6.92 Å². The van der Waals surface area contributed by atoms with Gasteiger partial charge in [-0.2, -0.15) is 0 Å². The first-order valence-corrected chi connectivity index (χ1v) is 5.81. The van der Waals surface area contributed by atoms with Gasteiger partial charge in [0.2, 0.25) is 9.05 Å². The number of hydrogen-bond acceptors (Lipinski definition) is 3. The first kappa shape index (κ1) is 9.29. The van der Waals surface area contributed by atoms with Crippen LogP contribution in [0.3, 0.4) is 0 Å². The van der Waals surface area contributed by atoms with Crippen LogP contribution in [0.5, 0.6) is 0 Å². The van der Waals surface area contributed by atoms with Crippen LogP contribution in [0.2, 0.25) is 0 Å².